The number of hydrogen-bond donors (Lipinski definition) is 3. The second-order valence-corrected chi connectivity index (χ2v) is 10.1. The maximum Gasteiger partial charge on any atom is 0.243 e. The van der Waals surface area contributed by atoms with Crippen molar-refractivity contribution in [2.24, 2.45) is 0 Å². The Balaban J connectivity index is 1.56. The molecule has 2 fully saturated rings. The summed E-state index contributed by atoms with van der Waals surface area (Å²) in [4.78, 5) is 28.0. The van der Waals surface area contributed by atoms with Gasteiger partial charge in [0.1, 0.15) is 5.52 Å². The number of likely N-dealkylation sites (tertiary alicyclic amines) is 1. The zero-order valence-electron chi connectivity index (χ0n) is 23.2. The highest BCUT2D eigenvalue weighted by molar-refractivity contribution is 5.92. The van der Waals surface area contributed by atoms with Gasteiger partial charge in [0.05, 0.1) is 44.2 Å². The molecular weight excluding hydrogens is 536 g/mol. The molecule has 11 nitrogen and oxygen atoms in total. The quantitative estimate of drug-likeness (QED) is 0.332. The number of carbonyl (C=O) groups is 1. The van der Waals surface area contributed by atoms with Crippen molar-refractivity contribution in [3.8, 4) is 22.8 Å². The number of hydrogen-bond acceptors (Lipinski definition) is 10. The molecule has 13 heteroatoms. The predicted molar refractivity (Wildman–Crippen MR) is 150 cm³/mol. The third-order valence-corrected chi connectivity index (χ3v) is 7.31. The number of amides is 1. The van der Waals surface area contributed by atoms with Crippen LogP contribution < -0.4 is 25.4 Å². The minimum absolute atomic E-state index is 0.0377. The molecule has 0 spiro atoms. The number of carbonyl (C=O) groups excluding carboxylic acids is 1. The molecule has 1 amide bonds. The van der Waals surface area contributed by atoms with Gasteiger partial charge in [0, 0.05) is 36.8 Å². The van der Waals surface area contributed by atoms with E-state index < -0.39 is 11.6 Å². The van der Waals surface area contributed by atoms with E-state index in [1.165, 1.54) is 26.4 Å². The molecule has 41 heavy (non-hydrogen) atoms. The van der Waals surface area contributed by atoms with E-state index in [9.17, 15) is 4.79 Å². The summed E-state index contributed by atoms with van der Waals surface area (Å²) in [6.45, 7) is 6.04. The third kappa shape index (κ3) is 6.00. The number of nitrogens with one attached hydrogen (secondary N) is 3. The summed E-state index contributed by atoms with van der Waals surface area (Å²) in [5, 5.41) is 10.1. The van der Waals surface area contributed by atoms with Crippen molar-refractivity contribution in [3.05, 3.63) is 42.6 Å². The van der Waals surface area contributed by atoms with E-state index in [1.807, 2.05) is 7.05 Å². The number of fused-ring (bicyclic) bond motifs is 1. The van der Waals surface area contributed by atoms with Crippen LogP contribution in [0.5, 0.6) is 11.5 Å². The van der Waals surface area contributed by atoms with Crippen molar-refractivity contribution >= 4 is 28.6 Å². The highest BCUT2D eigenvalue weighted by atomic mass is 19.1. The Morgan fingerprint density at radius 3 is 2.54 bits per heavy atom. The number of methoxy groups -OCH3 is 2. The predicted octanol–water partition coefficient (Wildman–Crippen LogP) is 2.97. The van der Waals surface area contributed by atoms with Gasteiger partial charge in [-0.2, -0.15) is 0 Å². The second-order valence-electron chi connectivity index (χ2n) is 10.1. The van der Waals surface area contributed by atoms with Gasteiger partial charge in [0.15, 0.2) is 29.0 Å². The van der Waals surface area contributed by atoms with Gasteiger partial charge in [-0.05, 0) is 38.6 Å². The van der Waals surface area contributed by atoms with Gasteiger partial charge in [0.25, 0.3) is 0 Å². The smallest absolute Gasteiger partial charge is 0.243 e. The van der Waals surface area contributed by atoms with Crippen LogP contribution in [0.4, 0.5) is 20.5 Å². The molecule has 0 radical (unpaired) electrons. The van der Waals surface area contributed by atoms with Crippen molar-refractivity contribution in [1.82, 2.24) is 25.2 Å². The zero-order valence-corrected chi connectivity index (χ0v) is 23.2. The molecule has 1 aromatic carbocycles. The molecule has 4 heterocycles. The highest BCUT2D eigenvalue weighted by Crippen LogP contribution is 2.38. The van der Waals surface area contributed by atoms with Crippen LogP contribution in [0.1, 0.15) is 12.8 Å². The van der Waals surface area contributed by atoms with Crippen molar-refractivity contribution in [2.45, 2.75) is 31.0 Å². The van der Waals surface area contributed by atoms with Crippen molar-refractivity contribution in [2.75, 3.05) is 58.2 Å². The Morgan fingerprint density at radius 1 is 1.12 bits per heavy atom. The average molecular weight is 570 g/mol. The summed E-state index contributed by atoms with van der Waals surface area (Å²) in [6, 6.07) is 2.24. The molecule has 5 rings (SSSR count). The van der Waals surface area contributed by atoms with E-state index in [0.717, 1.165) is 25.6 Å². The zero-order chi connectivity index (χ0) is 29.1. The average Bonchev–Trinajstić information content (AvgIpc) is 3.38. The Morgan fingerprint density at radius 2 is 1.88 bits per heavy atom. The molecule has 3 aromatic rings. The van der Waals surface area contributed by atoms with Crippen molar-refractivity contribution in [1.29, 1.82) is 0 Å². The standard InChI is InChI=1S/C28H33F2N7O4/c1-5-22(38)33-17-7-9-41-14-19(17)35-28-31-12-15-10-18(23-24(29)20(39-3)11-21(40-4)25(23)30)34-27(26(15)36-28)32-16-6-8-37(2)13-16/h5,10-12,16-17,19H,1,6-9,13-14H2,2-4H3,(H,32,34)(H,33,38)(H,31,35,36)/t16?,17-,19+/m0/s1. The lowest BCUT2D eigenvalue weighted by Crippen LogP contribution is -2.52. The normalized spacial score (nSPS) is 21.0. The minimum Gasteiger partial charge on any atom is -0.494 e. The lowest BCUT2D eigenvalue weighted by molar-refractivity contribution is -0.117. The number of likely N-dealkylation sites (N-methyl/N-ethyl adjacent to an activating group) is 1. The summed E-state index contributed by atoms with van der Waals surface area (Å²) < 4.78 is 46.7. The maximum atomic E-state index is 15.4. The monoisotopic (exact) mass is 569 g/mol. The van der Waals surface area contributed by atoms with Crippen LogP contribution >= 0.6 is 0 Å². The molecule has 2 aliphatic rings. The summed E-state index contributed by atoms with van der Waals surface area (Å²) in [7, 11) is 4.61. The number of nitrogens with zero attached hydrogens (tertiary/aromatic N) is 4. The highest BCUT2D eigenvalue weighted by Gasteiger charge is 2.29. The SMILES string of the molecule is C=CC(=O)N[C@H]1CCOC[C@H]1Nc1ncc2cc(-c3c(F)c(OC)cc(OC)c3F)nc(NC3CCN(C)C3)c2n1. The third-order valence-electron chi connectivity index (χ3n) is 7.31. The Hall–Kier alpha value is -4.10. The van der Waals surface area contributed by atoms with Crippen LogP contribution in [0.25, 0.3) is 22.2 Å². The summed E-state index contributed by atoms with van der Waals surface area (Å²) in [6.07, 6.45) is 4.26. The minimum atomic E-state index is -0.895. The van der Waals surface area contributed by atoms with Crippen LogP contribution in [0.2, 0.25) is 0 Å². The fourth-order valence-corrected chi connectivity index (χ4v) is 5.15. The number of halogens is 2. The number of anilines is 2. The first kappa shape index (κ1) is 28.4. The fraction of sp³-hybridized carbons (Fsp3) is 0.429. The van der Waals surface area contributed by atoms with Crippen LogP contribution in [0.3, 0.4) is 0 Å². The summed E-state index contributed by atoms with van der Waals surface area (Å²) in [5.41, 5.74) is 0.132. The molecule has 2 aromatic heterocycles. The fourth-order valence-electron chi connectivity index (χ4n) is 5.15. The topological polar surface area (TPSA) is 123 Å². The van der Waals surface area contributed by atoms with Gasteiger partial charge in [-0.25, -0.2) is 23.7 Å². The summed E-state index contributed by atoms with van der Waals surface area (Å²) >= 11 is 0. The van der Waals surface area contributed by atoms with E-state index in [1.54, 1.807) is 6.20 Å². The Labute approximate surface area is 236 Å². The number of pyridine rings is 1. The van der Waals surface area contributed by atoms with E-state index >= 15 is 8.78 Å². The molecule has 218 valence electrons. The van der Waals surface area contributed by atoms with E-state index in [0.29, 0.717) is 42.3 Å². The van der Waals surface area contributed by atoms with Crippen LogP contribution in [-0.2, 0) is 9.53 Å². The van der Waals surface area contributed by atoms with Crippen LogP contribution in [-0.4, -0.2) is 91.5 Å². The van der Waals surface area contributed by atoms with Gasteiger partial charge >= 0.3 is 0 Å². The molecule has 2 saturated heterocycles. The molecular formula is C28H33F2N7O4. The molecule has 3 atom stereocenters. The molecule has 0 saturated carbocycles. The van der Waals surface area contributed by atoms with Gasteiger partial charge in [-0.3, -0.25) is 4.79 Å². The van der Waals surface area contributed by atoms with Gasteiger partial charge in [-0.1, -0.05) is 6.58 Å². The lowest BCUT2D eigenvalue weighted by atomic mass is 10.0. The first-order valence-electron chi connectivity index (χ1n) is 13.3. The van der Waals surface area contributed by atoms with Crippen molar-refractivity contribution < 1.29 is 27.8 Å². The number of ether oxygens (including phenoxy) is 3. The van der Waals surface area contributed by atoms with Gasteiger partial charge in [-0.15, -0.1) is 0 Å². The van der Waals surface area contributed by atoms with E-state index in [2.05, 4.69) is 37.4 Å². The number of benzene rings is 1. The molecule has 1 unspecified atom stereocenters. The Bertz CT molecular complexity index is 1430. The Kier molecular flexibility index (Phi) is 8.45. The van der Waals surface area contributed by atoms with Crippen LogP contribution in [0.15, 0.2) is 31.0 Å². The first-order chi connectivity index (χ1) is 19.8. The largest absolute Gasteiger partial charge is 0.494 e. The van der Waals surface area contributed by atoms with E-state index in [4.69, 9.17) is 19.2 Å². The first-order valence-corrected chi connectivity index (χ1v) is 13.3. The number of aromatic nitrogens is 3. The summed E-state index contributed by atoms with van der Waals surface area (Å²) in [5.74, 6) is -1.75. The van der Waals surface area contributed by atoms with E-state index in [-0.39, 0.29) is 46.8 Å². The molecule has 0 aliphatic carbocycles. The van der Waals surface area contributed by atoms with Crippen molar-refractivity contribution in [3.63, 3.8) is 0 Å². The lowest BCUT2D eigenvalue weighted by Gasteiger charge is -2.32. The maximum absolute atomic E-state index is 15.4. The van der Waals surface area contributed by atoms with Gasteiger partial charge in [0.2, 0.25) is 11.9 Å². The molecule has 0 bridgehead atoms. The van der Waals surface area contributed by atoms with Crippen LogP contribution in [0, 0.1) is 11.6 Å². The van der Waals surface area contributed by atoms with Gasteiger partial charge < -0.3 is 35.1 Å². The number of rotatable bonds is 9. The molecule has 2 aliphatic heterocycles. The molecule has 3 N–H and O–H groups in total. The second kappa shape index (κ2) is 12.2.